The van der Waals surface area contributed by atoms with Gasteiger partial charge in [0.2, 0.25) is 11.7 Å². The molecule has 1 aromatic heterocycles. The van der Waals surface area contributed by atoms with Gasteiger partial charge in [-0.25, -0.2) is 0 Å². The molecular weight excluding hydrogens is 242 g/mol. The van der Waals surface area contributed by atoms with Crippen molar-refractivity contribution in [2.45, 2.75) is 54.2 Å². The molecule has 5 heteroatoms. The maximum atomic E-state index is 5.74. The van der Waals surface area contributed by atoms with Crippen molar-refractivity contribution in [3.8, 4) is 0 Å². The van der Waals surface area contributed by atoms with Crippen molar-refractivity contribution in [3.63, 3.8) is 0 Å². The Morgan fingerprint density at radius 2 is 2.00 bits per heavy atom. The zero-order valence-electron chi connectivity index (χ0n) is 13.0. The van der Waals surface area contributed by atoms with Crippen LogP contribution in [-0.4, -0.2) is 23.3 Å². The second-order valence-corrected chi connectivity index (χ2v) is 6.27. The van der Waals surface area contributed by atoms with E-state index >= 15 is 0 Å². The van der Waals surface area contributed by atoms with E-state index in [-0.39, 0.29) is 11.5 Å². The third-order valence-corrected chi connectivity index (χ3v) is 2.67. The summed E-state index contributed by atoms with van der Waals surface area (Å²) < 4.78 is 11.0. The van der Waals surface area contributed by atoms with Crippen LogP contribution >= 0.6 is 0 Å². The maximum Gasteiger partial charge on any atom is 0.240 e. The van der Waals surface area contributed by atoms with E-state index in [0.29, 0.717) is 30.8 Å². The second kappa shape index (κ2) is 7.01. The average molecular weight is 269 g/mol. The van der Waals surface area contributed by atoms with Gasteiger partial charge in [-0.05, 0) is 24.8 Å². The van der Waals surface area contributed by atoms with Crippen LogP contribution in [0.2, 0.25) is 0 Å². The SMILES string of the molecule is CCOC(c1noc(CNCC(C)C)n1)C(C)(C)C. The fourth-order valence-corrected chi connectivity index (χ4v) is 1.79. The van der Waals surface area contributed by atoms with E-state index in [1.807, 2.05) is 6.92 Å². The second-order valence-electron chi connectivity index (χ2n) is 6.27. The molecule has 0 spiro atoms. The molecule has 1 heterocycles. The molecule has 19 heavy (non-hydrogen) atoms. The number of nitrogens with zero attached hydrogens (tertiary/aromatic N) is 2. The summed E-state index contributed by atoms with van der Waals surface area (Å²) in [5.74, 6) is 1.86. The van der Waals surface area contributed by atoms with Gasteiger partial charge >= 0.3 is 0 Å². The Labute approximate surface area is 116 Å². The Hall–Kier alpha value is -0.940. The fraction of sp³-hybridized carbons (Fsp3) is 0.857. The Bertz CT molecular complexity index is 369. The molecule has 1 aromatic rings. The summed E-state index contributed by atoms with van der Waals surface area (Å²) in [7, 11) is 0. The summed E-state index contributed by atoms with van der Waals surface area (Å²) in [6.07, 6.45) is -0.139. The Morgan fingerprint density at radius 3 is 2.53 bits per heavy atom. The van der Waals surface area contributed by atoms with E-state index in [1.54, 1.807) is 0 Å². The van der Waals surface area contributed by atoms with Gasteiger partial charge < -0.3 is 14.6 Å². The smallest absolute Gasteiger partial charge is 0.240 e. The lowest BCUT2D eigenvalue weighted by Crippen LogP contribution is -2.23. The molecule has 1 N–H and O–H groups in total. The van der Waals surface area contributed by atoms with E-state index in [1.165, 1.54) is 0 Å². The van der Waals surface area contributed by atoms with Gasteiger partial charge in [0, 0.05) is 6.61 Å². The van der Waals surface area contributed by atoms with Crippen molar-refractivity contribution in [1.29, 1.82) is 0 Å². The van der Waals surface area contributed by atoms with Crippen molar-refractivity contribution in [2.75, 3.05) is 13.2 Å². The first-order valence-corrected chi connectivity index (χ1v) is 6.99. The normalized spacial score (nSPS) is 14.1. The Balaban J connectivity index is 2.65. The molecule has 0 aliphatic heterocycles. The number of hydrogen-bond donors (Lipinski definition) is 1. The van der Waals surface area contributed by atoms with E-state index < -0.39 is 0 Å². The third kappa shape index (κ3) is 5.28. The Kier molecular flexibility index (Phi) is 5.94. The largest absolute Gasteiger partial charge is 0.370 e. The van der Waals surface area contributed by atoms with Crippen LogP contribution in [0.4, 0.5) is 0 Å². The number of rotatable bonds is 7. The summed E-state index contributed by atoms with van der Waals surface area (Å²) in [6, 6.07) is 0. The average Bonchev–Trinajstić information content (AvgIpc) is 2.72. The molecule has 0 bridgehead atoms. The molecule has 1 atom stereocenters. The van der Waals surface area contributed by atoms with Gasteiger partial charge in [-0.15, -0.1) is 0 Å². The van der Waals surface area contributed by atoms with Crippen LogP contribution in [0.25, 0.3) is 0 Å². The lowest BCUT2D eigenvalue weighted by atomic mass is 9.88. The van der Waals surface area contributed by atoms with Crippen LogP contribution in [0, 0.1) is 11.3 Å². The third-order valence-electron chi connectivity index (χ3n) is 2.67. The number of nitrogens with one attached hydrogen (secondary N) is 1. The predicted octanol–water partition coefficient (Wildman–Crippen LogP) is 2.94. The maximum absolute atomic E-state index is 5.74. The summed E-state index contributed by atoms with van der Waals surface area (Å²) in [6.45, 7) is 14.8. The van der Waals surface area contributed by atoms with Crippen molar-refractivity contribution in [2.24, 2.45) is 11.3 Å². The zero-order valence-corrected chi connectivity index (χ0v) is 13.0. The molecule has 0 amide bonds. The van der Waals surface area contributed by atoms with E-state index in [4.69, 9.17) is 9.26 Å². The lowest BCUT2D eigenvalue weighted by molar-refractivity contribution is -0.0203. The first kappa shape index (κ1) is 16.1. The minimum Gasteiger partial charge on any atom is -0.370 e. The van der Waals surface area contributed by atoms with Crippen LogP contribution in [0.5, 0.6) is 0 Å². The van der Waals surface area contributed by atoms with Gasteiger partial charge in [0.1, 0.15) is 6.10 Å². The molecule has 5 nitrogen and oxygen atoms in total. The van der Waals surface area contributed by atoms with Crippen LogP contribution in [-0.2, 0) is 11.3 Å². The van der Waals surface area contributed by atoms with Crippen molar-refractivity contribution >= 4 is 0 Å². The lowest BCUT2D eigenvalue weighted by Gasteiger charge is -2.27. The molecule has 0 fully saturated rings. The van der Waals surface area contributed by atoms with Gasteiger partial charge in [-0.1, -0.05) is 39.8 Å². The van der Waals surface area contributed by atoms with Crippen molar-refractivity contribution in [3.05, 3.63) is 11.7 Å². The molecule has 0 saturated carbocycles. The summed E-state index contributed by atoms with van der Waals surface area (Å²) in [5, 5.41) is 7.34. The minimum atomic E-state index is -0.139. The molecule has 0 aliphatic rings. The standard InChI is InChI=1S/C14H27N3O2/c1-7-18-12(14(4,5)6)13-16-11(19-17-13)9-15-8-10(2)3/h10,12,15H,7-9H2,1-6H3. The summed E-state index contributed by atoms with van der Waals surface area (Å²) in [5.41, 5.74) is -0.0531. The van der Waals surface area contributed by atoms with Gasteiger partial charge in [-0.2, -0.15) is 4.98 Å². The van der Waals surface area contributed by atoms with Crippen LogP contribution < -0.4 is 5.32 Å². The van der Waals surface area contributed by atoms with Crippen LogP contribution in [0.1, 0.15) is 59.4 Å². The molecule has 1 rings (SSSR count). The van der Waals surface area contributed by atoms with E-state index in [9.17, 15) is 0 Å². The molecule has 0 saturated heterocycles. The highest BCUT2D eigenvalue weighted by atomic mass is 16.5. The first-order chi connectivity index (χ1) is 8.84. The van der Waals surface area contributed by atoms with Gasteiger partial charge in [0.25, 0.3) is 0 Å². The summed E-state index contributed by atoms with van der Waals surface area (Å²) >= 11 is 0. The molecule has 1 unspecified atom stereocenters. The Morgan fingerprint density at radius 1 is 1.32 bits per heavy atom. The highest BCUT2D eigenvalue weighted by Gasteiger charge is 2.31. The monoisotopic (exact) mass is 269 g/mol. The first-order valence-electron chi connectivity index (χ1n) is 6.99. The predicted molar refractivity (Wildman–Crippen MR) is 74.7 cm³/mol. The van der Waals surface area contributed by atoms with Gasteiger partial charge in [0.15, 0.2) is 0 Å². The number of ether oxygens (including phenoxy) is 1. The van der Waals surface area contributed by atoms with Crippen LogP contribution in [0.15, 0.2) is 4.52 Å². The topological polar surface area (TPSA) is 60.2 Å². The molecule has 0 aliphatic carbocycles. The van der Waals surface area contributed by atoms with E-state index in [2.05, 4.69) is 50.1 Å². The summed E-state index contributed by atoms with van der Waals surface area (Å²) in [4.78, 5) is 4.43. The van der Waals surface area contributed by atoms with Gasteiger partial charge in [-0.3, -0.25) is 0 Å². The highest BCUT2D eigenvalue weighted by Crippen LogP contribution is 2.34. The molecule has 0 aromatic carbocycles. The van der Waals surface area contributed by atoms with E-state index in [0.717, 1.165) is 6.54 Å². The number of aromatic nitrogens is 2. The quantitative estimate of drug-likeness (QED) is 0.824. The van der Waals surface area contributed by atoms with Crippen molar-refractivity contribution in [1.82, 2.24) is 15.5 Å². The molecule has 0 radical (unpaired) electrons. The van der Waals surface area contributed by atoms with Gasteiger partial charge in [0.05, 0.1) is 6.54 Å². The van der Waals surface area contributed by atoms with Crippen LogP contribution in [0.3, 0.4) is 0 Å². The van der Waals surface area contributed by atoms with Crippen molar-refractivity contribution < 1.29 is 9.26 Å². The minimum absolute atomic E-state index is 0.0531. The zero-order chi connectivity index (χ0) is 14.5. The highest BCUT2D eigenvalue weighted by molar-refractivity contribution is 4.96. The molecular formula is C14H27N3O2. The molecule has 110 valence electrons. The number of hydrogen-bond acceptors (Lipinski definition) is 5. The fourth-order valence-electron chi connectivity index (χ4n) is 1.79.